The Labute approximate surface area is 78.1 Å². The van der Waals surface area contributed by atoms with Gasteiger partial charge >= 0.3 is 0 Å². The van der Waals surface area contributed by atoms with Crippen LogP contribution in [-0.4, -0.2) is 24.9 Å². The van der Waals surface area contributed by atoms with Gasteiger partial charge in [0.2, 0.25) is 0 Å². The maximum Gasteiger partial charge on any atom is 0.0965 e. The molecule has 0 spiro atoms. The molecule has 0 unspecified atom stereocenters. The molecule has 13 heavy (non-hydrogen) atoms. The van der Waals surface area contributed by atoms with E-state index in [0.717, 1.165) is 5.56 Å². The van der Waals surface area contributed by atoms with Crippen molar-refractivity contribution in [2.24, 2.45) is 5.73 Å². The van der Waals surface area contributed by atoms with E-state index in [4.69, 9.17) is 10.5 Å². The monoisotopic (exact) mass is 181 g/mol. The predicted molar refractivity (Wildman–Crippen MR) is 51.3 cm³/mol. The maximum atomic E-state index is 9.52. The van der Waals surface area contributed by atoms with Crippen molar-refractivity contribution in [2.45, 2.75) is 12.1 Å². The summed E-state index contributed by atoms with van der Waals surface area (Å²) in [5, 5.41) is 9.52. The van der Waals surface area contributed by atoms with Crippen LogP contribution in [0.25, 0.3) is 0 Å². The van der Waals surface area contributed by atoms with Gasteiger partial charge in [0.05, 0.1) is 18.8 Å². The highest BCUT2D eigenvalue weighted by Crippen LogP contribution is 2.13. The number of aliphatic hydroxyl groups excluding tert-OH is 1. The Bertz CT molecular complexity index is 238. The molecule has 72 valence electrons. The van der Waals surface area contributed by atoms with Crippen LogP contribution in [0.5, 0.6) is 0 Å². The molecule has 0 heterocycles. The number of methoxy groups -OCH3 is 1. The van der Waals surface area contributed by atoms with Gasteiger partial charge in [-0.05, 0) is 5.56 Å². The van der Waals surface area contributed by atoms with Gasteiger partial charge in [-0.3, -0.25) is 0 Å². The first-order valence-corrected chi connectivity index (χ1v) is 4.23. The van der Waals surface area contributed by atoms with Crippen LogP contribution in [-0.2, 0) is 4.74 Å². The average molecular weight is 181 g/mol. The van der Waals surface area contributed by atoms with Gasteiger partial charge in [-0.1, -0.05) is 30.3 Å². The molecular formula is C10H15NO2. The van der Waals surface area contributed by atoms with Crippen molar-refractivity contribution < 1.29 is 9.84 Å². The van der Waals surface area contributed by atoms with Gasteiger partial charge in [0.1, 0.15) is 0 Å². The molecule has 3 heteroatoms. The second-order valence-corrected chi connectivity index (χ2v) is 2.96. The Balaban J connectivity index is 2.62. The summed E-state index contributed by atoms with van der Waals surface area (Å²) in [6.07, 6.45) is -0.646. The van der Waals surface area contributed by atoms with Gasteiger partial charge in [-0.25, -0.2) is 0 Å². The van der Waals surface area contributed by atoms with Crippen LogP contribution in [0, 0.1) is 0 Å². The van der Waals surface area contributed by atoms with E-state index in [1.807, 2.05) is 30.3 Å². The fourth-order valence-corrected chi connectivity index (χ4v) is 1.17. The second kappa shape index (κ2) is 4.97. The molecule has 1 aromatic carbocycles. The number of ether oxygens (including phenoxy) is 1. The van der Waals surface area contributed by atoms with Crippen LogP contribution < -0.4 is 5.73 Å². The molecule has 0 saturated carbocycles. The van der Waals surface area contributed by atoms with E-state index in [0.29, 0.717) is 0 Å². The molecule has 0 aliphatic carbocycles. The van der Waals surface area contributed by atoms with Crippen molar-refractivity contribution in [1.82, 2.24) is 0 Å². The van der Waals surface area contributed by atoms with Crippen molar-refractivity contribution in [1.29, 1.82) is 0 Å². The van der Waals surface area contributed by atoms with E-state index in [-0.39, 0.29) is 12.6 Å². The molecule has 3 N–H and O–H groups in total. The minimum absolute atomic E-state index is 0.260. The van der Waals surface area contributed by atoms with E-state index in [1.165, 1.54) is 0 Å². The molecule has 0 aromatic heterocycles. The second-order valence-electron chi connectivity index (χ2n) is 2.96. The molecule has 1 aromatic rings. The number of aliphatic hydroxyl groups is 1. The van der Waals surface area contributed by atoms with Crippen molar-refractivity contribution in [3.63, 3.8) is 0 Å². The fraction of sp³-hybridized carbons (Fsp3) is 0.400. The van der Waals surface area contributed by atoms with E-state index in [1.54, 1.807) is 7.11 Å². The van der Waals surface area contributed by atoms with E-state index >= 15 is 0 Å². The predicted octanol–water partition coefficient (Wildman–Crippen LogP) is 0.694. The Morgan fingerprint density at radius 3 is 2.54 bits per heavy atom. The third-order valence-electron chi connectivity index (χ3n) is 1.94. The number of rotatable bonds is 4. The molecule has 0 saturated heterocycles. The van der Waals surface area contributed by atoms with Crippen LogP contribution in [0.15, 0.2) is 30.3 Å². The summed E-state index contributed by atoms with van der Waals surface area (Å²) in [5.41, 5.74) is 6.72. The summed E-state index contributed by atoms with van der Waals surface area (Å²) >= 11 is 0. The minimum atomic E-state index is -0.646. The SMILES string of the molecule is COC[C@H](O)[C@H](N)c1ccccc1. The van der Waals surface area contributed by atoms with Crippen LogP contribution in [0.4, 0.5) is 0 Å². The zero-order chi connectivity index (χ0) is 9.68. The third-order valence-corrected chi connectivity index (χ3v) is 1.94. The van der Waals surface area contributed by atoms with E-state index in [2.05, 4.69) is 0 Å². The zero-order valence-electron chi connectivity index (χ0n) is 7.68. The van der Waals surface area contributed by atoms with Crippen molar-refractivity contribution >= 4 is 0 Å². The molecule has 0 amide bonds. The molecule has 0 aliphatic rings. The van der Waals surface area contributed by atoms with Crippen LogP contribution in [0.1, 0.15) is 11.6 Å². The molecule has 0 radical (unpaired) electrons. The molecule has 2 atom stereocenters. The first-order valence-electron chi connectivity index (χ1n) is 4.23. The third kappa shape index (κ3) is 2.81. The number of nitrogens with two attached hydrogens (primary N) is 1. The Morgan fingerprint density at radius 2 is 2.00 bits per heavy atom. The first kappa shape index (κ1) is 10.2. The summed E-state index contributed by atoms with van der Waals surface area (Å²) in [4.78, 5) is 0. The quantitative estimate of drug-likeness (QED) is 0.718. The molecule has 0 fully saturated rings. The molecule has 3 nitrogen and oxygen atoms in total. The lowest BCUT2D eigenvalue weighted by Crippen LogP contribution is -2.29. The standard InChI is InChI=1S/C10H15NO2/c1-13-7-9(12)10(11)8-5-3-2-4-6-8/h2-6,9-10,12H,7,11H2,1H3/t9-,10+/m0/s1. The van der Waals surface area contributed by atoms with Crippen LogP contribution >= 0.6 is 0 Å². The highest BCUT2D eigenvalue weighted by molar-refractivity contribution is 5.19. The summed E-state index contributed by atoms with van der Waals surface area (Å²) in [7, 11) is 1.54. The topological polar surface area (TPSA) is 55.5 Å². The summed E-state index contributed by atoms with van der Waals surface area (Å²) in [6.45, 7) is 0.260. The molecular weight excluding hydrogens is 166 g/mol. The zero-order valence-corrected chi connectivity index (χ0v) is 7.68. The van der Waals surface area contributed by atoms with Crippen molar-refractivity contribution in [3.05, 3.63) is 35.9 Å². The first-order chi connectivity index (χ1) is 6.25. The summed E-state index contributed by atoms with van der Waals surface area (Å²) < 4.78 is 4.82. The summed E-state index contributed by atoms with van der Waals surface area (Å²) in [5.74, 6) is 0. The van der Waals surface area contributed by atoms with Gasteiger partial charge in [0.25, 0.3) is 0 Å². The lowest BCUT2D eigenvalue weighted by atomic mass is 10.0. The maximum absolute atomic E-state index is 9.52. The number of benzene rings is 1. The smallest absolute Gasteiger partial charge is 0.0965 e. The number of hydrogen-bond acceptors (Lipinski definition) is 3. The van der Waals surface area contributed by atoms with Crippen LogP contribution in [0.2, 0.25) is 0 Å². The van der Waals surface area contributed by atoms with Crippen molar-refractivity contribution in [3.8, 4) is 0 Å². The van der Waals surface area contributed by atoms with Gasteiger partial charge in [0, 0.05) is 7.11 Å². The molecule has 0 aliphatic heterocycles. The Kier molecular flexibility index (Phi) is 3.89. The minimum Gasteiger partial charge on any atom is -0.389 e. The normalized spacial score (nSPS) is 15.3. The number of hydrogen-bond donors (Lipinski definition) is 2. The summed E-state index contributed by atoms with van der Waals surface area (Å²) in [6, 6.07) is 9.12. The highest BCUT2D eigenvalue weighted by Gasteiger charge is 2.15. The van der Waals surface area contributed by atoms with Crippen molar-refractivity contribution in [2.75, 3.05) is 13.7 Å². The van der Waals surface area contributed by atoms with Gasteiger partial charge < -0.3 is 15.6 Å². The van der Waals surface area contributed by atoms with E-state index < -0.39 is 6.10 Å². The Hall–Kier alpha value is -0.900. The average Bonchev–Trinajstić information content (AvgIpc) is 2.18. The van der Waals surface area contributed by atoms with Crippen LogP contribution in [0.3, 0.4) is 0 Å². The Morgan fingerprint density at radius 1 is 1.38 bits per heavy atom. The van der Waals surface area contributed by atoms with Gasteiger partial charge in [-0.15, -0.1) is 0 Å². The molecule has 0 bridgehead atoms. The highest BCUT2D eigenvalue weighted by atomic mass is 16.5. The van der Waals surface area contributed by atoms with E-state index in [9.17, 15) is 5.11 Å². The van der Waals surface area contributed by atoms with Gasteiger partial charge in [-0.2, -0.15) is 0 Å². The lowest BCUT2D eigenvalue weighted by molar-refractivity contribution is 0.0477. The largest absolute Gasteiger partial charge is 0.389 e. The fourth-order valence-electron chi connectivity index (χ4n) is 1.17. The molecule has 1 rings (SSSR count). The lowest BCUT2D eigenvalue weighted by Gasteiger charge is -2.17. The van der Waals surface area contributed by atoms with Gasteiger partial charge in [0.15, 0.2) is 0 Å².